The molecule has 2 N–H and O–H groups in total. The number of thiazole rings is 1. The van der Waals surface area contributed by atoms with Crippen molar-refractivity contribution in [3.63, 3.8) is 0 Å². The molecule has 0 aliphatic rings. The Hall–Kier alpha value is -1.10. The van der Waals surface area contributed by atoms with E-state index in [1.165, 1.54) is 22.7 Å². The van der Waals surface area contributed by atoms with Gasteiger partial charge in [-0.2, -0.15) is 0 Å². The number of amides is 2. The van der Waals surface area contributed by atoms with Crippen molar-refractivity contribution in [2.45, 2.75) is 42.0 Å². The van der Waals surface area contributed by atoms with Gasteiger partial charge in [-0.3, -0.25) is 5.32 Å². The number of nitrogens with zero attached hydrogens (tertiary/aromatic N) is 1. The van der Waals surface area contributed by atoms with Crippen LogP contribution in [-0.4, -0.2) is 25.7 Å². The molecule has 0 radical (unpaired) electrons. The number of urea groups is 1. The molecule has 0 bridgehead atoms. The summed E-state index contributed by atoms with van der Waals surface area (Å²) in [6, 6.07) is 0.784. The largest absolute Gasteiger partial charge is 0.334 e. The van der Waals surface area contributed by atoms with E-state index in [9.17, 15) is 13.2 Å². The summed E-state index contributed by atoms with van der Waals surface area (Å²) in [6.07, 6.45) is 3.45. The summed E-state index contributed by atoms with van der Waals surface area (Å²) in [4.78, 5) is 17.3. The highest BCUT2D eigenvalue weighted by Gasteiger charge is 2.22. The van der Waals surface area contributed by atoms with E-state index in [1.807, 2.05) is 31.7 Å². The maximum absolute atomic E-state index is 12.3. The highest BCUT2D eigenvalue weighted by Crippen LogP contribution is 2.31. The minimum Gasteiger partial charge on any atom is -0.283 e. The average Bonchev–Trinajstić information content (AvgIpc) is 3.09. The van der Waals surface area contributed by atoms with E-state index in [-0.39, 0.29) is 4.21 Å². The molecular formula is C14H19N3O3S4. The Morgan fingerprint density at radius 3 is 2.50 bits per heavy atom. The van der Waals surface area contributed by atoms with Crippen molar-refractivity contribution >= 4 is 55.6 Å². The Labute approximate surface area is 154 Å². The van der Waals surface area contributed by atoms with E-state index in [2.05, 4.69) is 10.3 Å². The summed E-state index contributed by atoms with van der Waals surface area (Å²) in [5.74, 6) is 0. The topological polar surface area (TPSA) is 88.2 Å². The number of thioether (sulfide) groups is 1. The summed E-state index contributed by atoms with van der Waals surface area (Å²) in [6.45, 7) is 5.81. The molecule has 0 unspecified atom stereocenters. The van der Waals surface area contributed by atoms with E-state index in [1.54, 1.807) is 17.8 Å². The summed E-state index contributed by atoms with van der Waals surface area (Å²) in [7, 11) is -3.88. The predicted molar refractivity (Wildman–Crippen MR) is 101 cm³/mol. The van der Waals surface area contributed by atoms with E-state index in [4.69, 9.17) is 0 Å². The van der Waals surface area contributed by atoms with Gasteiger partial charge in [0.1, 0.15) is 4.21 Å². The van der Waals surface area contributed by atoms with Crippen LogP contribution in [0.3, 0.4) is 0 Å². The molecule has 132 valence electrons. The lowest BCUT2D eigenvalue weighted by molar-refractivity contribution is 0.256. The lowest BCUT2D eigenvalue weighted by atomic mass is 10.2. The monoisotopic (exact) mass is 405 g/mol. The zero-order valence-electron chi connectivity index (χ0n) is 13.8. The van der Waals surface area contributed by atoms with Crippen LogP contribution in [0.4, 0.5) is 9.93 Å². The molecule has 0 spiro atoms. The smallest absolute Gasteiger partial charge is 0.283 e. The van der Waals surface area contributed by atoms with Crippen LogP contribution in [0.15, 0.2) is 14.5 Å². The van der Waals surface area contributed by atoms with Crippen molar-refractivity contribution in [2.75, 3.05) is 11.6 Å². The molecule has 2 rings (SSSR count). The van der Waals surface area contributed by atoms with Crippen LogP contribution >= 0.6 is 34.4 Å². The zero-order valence-corrected chi connectivity index (χ0v) is 17.1. The second-order valence-corrected chi connectivity index (χ2v) is 10.0. The molecule has 0 saturated heterocycles. The number of thiophene rings is 1. The molecule has 2 heterocycles. The maximum atomic E-state index is 12.3. The van der Waals surface area contributed by atoms with Gasteiger partial charge in [-0.25, -0.2) is 22.9 Å². The number of hydrogen-bond acceptors (Lipinski definition) is 7. The Balaban J connectivity index is 2.11. The molecule has 0 fully saturated rings. The lowest BCUT2D eigenvalue weighted by Crippen LogP contribution is -2.33. The van der Waals surface area contributed by atoms with Crippen molar-refractivity contribution < 1.29 is 13.2 Å². The van der Waals surface area contributed by atoms with Crippen LogP contribution in [0.1, 0.15) is 30.0 Å². The van der Waals surface area contributed by atoms with Crippen LogP contribution in [0.25, 0.3) is 0 Å². The number of carbonyl (C=O) groups excluding carboxylic acids is 1. The van der Waals surface area contributed by atoms with Crippen molar-refractivity contribution in [3.05, 3.63) is 22.2 Å². The minimum atomic E-state index is -3.88. The number of hydrogen-bond donors (Lipinski definition) is 2. The third-order valence-electron chi connectivity index (χ3n) is 3.21. The average molecular weight is 406 g/mol. The second kappa shape index (κ2) is 7.85. The number of sulfonamides is 1. The van der Waals surface area contributed by atoms with Crippen molar-refractivity contribution in [3.8, 4) is 0 Å². The molecule has 2 aromatic heterocycles. The fourth-order valence-electron chi connectivity index (χ4n) is 2.04. The van der Waals surface area contributed by atoms with E-state index in [0.29, 0.717) is 5.13 Å². The van der Waals surface area contributed by atoms with Crippen molar-refractivity contribution in [1.82, 2.24) is 9.71 Å². The first kappa shape index (κ1) is 19.2. The van der Waals surface area contributed by atoms with Crippen LogP contribution in [0.2, 0.25) is 0 Å². The van der Waals surface area contributed by atoms with Gasteiger partial charge in [-0.05, 0) is 37.7 Å². The maximum Gasteiger partial charge on any atom is 0.334 e. The number of carbonyl (C=O) groups is 1. The quantitative estimate of drug-likeness (QED) is 0.712. The first-order valence-electron chi connectivity index (χ1n) is 7.27. The Morgan fingerprint density at radius 1 is 1.29 bits per heavy atom. The molecule has 2 aromatic rings. The molecule has 0 aliphatic carbocycles. The van der Waals surface area contributed by atoms with Gasteiger partial charge in [0.15, 0.2) is 5.13 Å². The molecule has 0 atom stereocenters. The standard InChI is InChI=1S/C14H19N3O3S4/c1-5-9-12(21-4)23-14(15-9)16-13(18)17-24(19,20)11-7-8(3)10(6-2)22-11/h7H,5-6H2,1-4H3,(H2,15,16,17,18). The highest BCUT2D eigenvalue weighted by atomic mass is 32.2. The molecule has 0 saturated carbocycles. The third kappa shape index (κ3) is 4.29. The van der Waals surface area contributed by atoms with Gasteiger partial charge in [-0.15, -0.1) is 23.1 Å². The van der Waals surface area contributed by atoms with Gasteiger partial charge in [0.2, 0.25) is 0 Å². The minimum absolute atomic E-state index is 0.144. The fraction of sp³-hybridized carbons (Fsp3) is 0.429. The number of nitrogens with one attached hydrogen (secondary N) is 2. The van der Waals surface area contributed by atoms with E-state index < -0.39 is 16.1 Å². The number of aryl methyl sites for hydroxylation is 3. The van der Waals surface area contributed by atoms with Crippen LogP contribution < -0.4 is 10.0 Å². The van der Waals surface area contributed by atoms with Gasteiger partial charge in [0.05, 0.1) is 9.90 Å². The number of aromatic nitrogens is 1. The lowest BCUT2D eigenvalue weighted by Gasteiger charge is -2.04. The molecule has 2 amide bonds. The zero-order chi connectivity index (χ0) is 17.9. The molecular weight excluding hydrogens is 386 g/mol. The summed E-state index contributed by atoms with van der Waals surface area (Å²) in [5, 5.41) is 2.89. The normalized spacial score (nSPS) is 11.5. The van der Waals surface area contributed by atoms with Gasteiger partial charge in [-0.1, -0.05) is 25.2 Å². The van der Waals surface area contributed by atoms with Crippen LogP contribution in [0, 0.1) is 6.92 Å². The van der Waals surface area contributed by atoms with Crippen LogP contribution in [0.5, 0.6) is 0 Å². The molecule has 0 aromatic carbocycles. The fourth-order valence-corrected chi connectivity index (χ4v) is 6.26. The second-order valence-electron chi connectivity index (χ2n) is 4.90. The first-order valence-corrected chi connectivity index (χ1v) is 11.6. The Morgan fingerprint density at radius 2 is 2.00 bits per heavy atom. The summed E-state index contributed by atoms with van der Waals surface area (Å²) >= 11 is 4.07. The number of anilines is 1. The molecule has 6 nitrogen and oxygen atoms in total. The Bertz CT molecular complexity index is 818. The molecule has 10 heteroatoms. The number of rotatable bonds is 6. The van der Waals surface area contributed by atoms with E-state index in [0.717, 1.165) is 33.2 Å². The first-order chi connectivity index (χ1) is 11.3. The van der Waals surface area contributed by atoms with Crippen molar-refractivity contribution in [2.24, 2.45) is 0 Å². The van der Waals surface area contributed by atoms with E-state index >= 15 is 0 Å². The van der Waals surface area contributed by atoms with Gasteiger partial charge >= 0.3 is 6.03 Å². The van der Waals surface area contributed by atoms with Gasteiger partial charge in [0.25, 0.3) is 10.0 Å². The predicted octanol–water partition coefficient (Wildman–Crippen LogP) is 3.87. The SMILES string of the molecule is CCc1nc(NC(=O)NS(=O)(=O)c2cc(C)c(CC)s2)sc1SC. The van der Waals surface area contributed by atoms with Crippen LogP contribution in [-0.2, 0) is 22.9 Å². The highest BCUT2D eigenvalue weighted by molar-refractivity contribution is 8.00. The Kier molecular flexibility index (Phi) is 6.29. The summed E-state index contributed by atoms with van der Waals surface area (Å²) < 4.78 is 27.8. The van der Waals surface area contributed by atoms with Gasteiger partial charge < -0.3 is 0 Å². The molecule has 0 aliphatic heterocycles. The van der Waals surface area contributed by atoms with Crippen molar-refractivity contribution in [1.29, 1.82) is 0 Å². The summed E-state index contributed by atoms with van der Waals surface area (Å²) in [5.41, 5.74) is 1.81. The van der Waals surface area contributed by atoms with Gasteiger partial charge in [0, 0.05) is 4.88 Å². The molecule has 24 heavy (non-hydrogen) atoms. The third-order valence-corrected chi connectivity index (χ3v) is 8.56.